The molecule has 1 aliphatic rings. The van der Waals surface area contributed by atoms with E-state index in [2.05, 4.69) is 41.8 Å². The molecule has 1 amide bonds. The van der Waals surface area contributed by atoms with Crippen molar-refractivity contribution in [3.05, 3.63) is 42.0 Å². The molecule has 1 saturated heterocycles. The van der Waals surface area contributed by atoms with Crippen LogP contribution in [0.4, 0.5) is 0 Å². The molecule has 0 aromatic heterocycles. The second-order valence-corrected chi connectivity index (χ2v) is 5.57. The zero-order valence-corrected chi connectivity index (χ0v) is 12.3. The molecule has 0 bridgehead atoms. The first-order valence-corrected chi connectivity index (χ1v) is 7.26. The minimum Gasteiger partial charge on any atom is -0.497 e. The van der Waals surface area contributed by atoms with E-state index in [9.17, 15) is 4.79 Å². The van der Waals surface area contributed by atoms with Gasteiger partial charge in [-0.25, -0.2) is 0 Å². The van der Waals surface area contributed by atoms with E-state index in [1.165, 1.54) is 16.3 Å². The van der Waals surface area contributed by atoms with Crippen molar-refractivity contribution in [1.29, 1.82) is 0 Å². The zero-order chi connectivity index (χ0) is 14.8. The Morgan fingerprint density at radius 3 is 2.71 bits per heavy atom. The Kier molecular flexibility index (Phi) is 3.80. The van der Waals surface area contributed by atoms with Gasteiger partial charge >= 0.3 is 0 Å². The van der Waals surface area contributed by atoms with Crippen molar-refractivity contribution in [2.24, 2.45) is 0 Å². The molecular weight excluding hydrogens is 264 g/mol. The van der Waals surface area contributed by atoms with Gasteiger partial charge in [0, 0.05) is 25.0 Å². The average Bonchev–Trinajstić information content (AvgIpc) is 2.91. The molecule has 0 radical (unpaired) electrons. The first-order chi connectivity index (χ1) is 10.2. The highest BCUT2D eigenvalue weighted by atomic mass is 16.5. The van der Waals surface area contributed by atoms with Crippen molar-refractivity contribution in [1.82, 2.24) is 10.6 Å². The predicted octanol–water partition coefficient (Wildman–Crippen LogP) is 2.39. The molecule has 0 spiro atoms. The van der Waals surface area contributed by atoms with Crippen LogP contribution in [-0.2, 0) is 4.79 Å². The molecule has 3 rings (SSSR count). The van der Waals surface area contributed by atoms with Gasteiger partial charge in [-0.05, 0) is 41.5 Å². The van der Waals surface area contributed by atoms with Crippen LogP contribution in [0.3, 0.4) is 0 Å². The van der Waals surface area contributed by atoms with Crippen LogP contribution in [0, 0.1) is 0 Å². The van der Waals surface area contributed by atoms with Gasteiger partial charge in [-0.15, -0.1) is 0 Å². The van der Waals surface area contributed by atoms with E-state index in [1.54, 1.807) is 7.11 Å². The summed E-state index contributed by atoms with van der Waals surface area (Å²) >= 11 is 0. The molecule has 1 heterocycles. The standard InChI is InChI=1S/C17H20N2O2/c1-11(19-15-9-17(20)18-10-15)12-3-4-14-8-16(21-2)6-5-13(14)7-12/h3-8,11,15,19H,9-10H2,1-2H3,(H,18,20). The first kappa shape index (κ1) is 13.9. The maximum Gasteiger partial charge on any atom is 0.221 e. The number of carbonyl (C=O) groups excluding carboxylic acids is 1. The maximum atomic E-state index is 11.2. The molecule has 0 aliphatic carbocycles. The van der Waals surface area contributed by atoms with E-state index in [4.69, 9.17) is 4.74 Å². The summed E-state index contributed by atoms with van der Waals surface area (Å²) in [4.78, 5) is 11.2. The Labute approximate surface area is 124 Å². The smallest absolute Gasteiger partial charge is 0.221 e. The van der Waals surface area contributed by atoms with Gasteiger partial charge < -0.3 is 15.4 Å². The highest BCUT2D eigenvalue weighted by molar-refractivity contribution is 5.84. The van der Waals surface area contributed by atoms with Crippen LogP contribution in [0.5, 0.6) is 5.75 Å². The van der Waals surface area contributed by atoms with Gasteiger partial charge in [0.1, 0.15) is 5.75 Å². The Bertz CT molecular complexity index is 669. The largest absolute Gasteiger partial charge is 0.497 e. The van der Waals surface area contributed by atoms with E-state index < -0.39 is 0 Å². The topological polar surface area (TPSA) is 50.4 Å². The van der Waals surface area contributed by atoms with Gasteiger partial charge in [-0.2, -0.15) is 0 Å². The minimum absolute atomic E-state index is 0.130. The SMILES string of the molecule is COc1ccc2cc(C(C)NC3CNC(=O)C3)ccc2c1. The summed E-state index contributed by atoms with van der Waals surface area (Å²) in [5, 5.41) is 8.72. The highest BCUT2D eigenvalue weighted by Gasteiger charge is 2.22. The Hall–Kier alpha value is -2.07. The number of methoxy groups -OCH3 is 1. The lowest BCUT2D eigenvalue weighted by atomic mass is 10.0. The van der Waals surface area contributed by atoms with Gasteiger partial charge in [-0.1, -0.05) is 18.2 Å². The lowest BCUT2D eigenvalue weighted by Crippen LogP contribution is -2.33. The van der Waals surface area contributed by atoms with Crippen molar-refractivity contribution >= 4 is 16.7 Å². The normalized spacial score (nSPS) is 19.5. The fraction of sp³-hybridized carbons (Fsp3) is 0.353. The molecular formula is C17H20N2O2. The van der Waals surface area contributed by atoms with Gasteiger partial charge in [0.2, 0.25) is 5.91 Å². The van der Waals surface area contributed by atoms with Crippen LogP contribution < -0.4 is 15.4 Å². The number of rotatable bonds is 4. The van der Waals surface area contributed by atoms with E-state index in [-0.39, 0.29) is 18.0 Å². The molecule has 1 aliphatic heterocycles. The fourth-order valence-corrected chi connectivity index (χ4v) is 2.81. The van der Waals surface area contributed by atoms with Gasteiger partial charge in [0.15, 0.2) is 0 Å². The Morgan fingerprint density at radius 1 is 1.24 bits per heavy atom. The third-order valence-corrected chi connectivity index (χ3v) is 4.03. The van der Waals surface area contributed by atoms with Crippen molar-refractivity contribution < 1.29 is 9.53 Å². The average molecular weight is 284 g/mol. The molecule has 2 aromatic carbocycles. The number of hydrogen-bond acceptors (Lipinski definition) is 3. The third-order valence-electron chi connectivity index (χ3n) is 4.03. The Balaban J connectivity index is 1.78. The summed E-state index contributed by atoms with van der Waals surface area (Å²) in [6.07, 6.45) is 0.565. The number of amides is 1. The third kappa shape index (κ3) is 3.00. The first-order valence-electron chi connectivity index (χ1n) is 7.26. The second-order valence-electron chi connectivity index (χ2n) is 5.57. The molecule has 0 saturated carbocycles. The number of hydrogen-bond donors (Lipinski definition) is 2. The molecule has 2 aromatic rings. The molecule has 4 heteroatoms. The summed E-state index contributed by atoms with van der Waals surface area (Å²) in [7, 11) is 1.68. The van der Waals surface area contributed by atoms with Crippen molar-refractivity contribution in [2.75, 3.05) is 13.7 Å². The highest BCUT2D eigenvalue weighted by Crippen LogP contribution is 2.24. The number of nitrogens with one attached hydrogen (secondary N) is 2. The van der Waals surface area contributed by atoms with E-state index >= 15 is 0 Å². The molecule has 2 N–H and O–H groups in total. The van der Waals surface area contributed by atoms with Gasteiger partial charge in [0.05, 0.1) is 7.11 Å². The van der Waals surface area contributed by atoms with Crippen LogP contribution in [0.2, 0.25) is 0 Å². The van der Waals surface area contributed by atoms with Crippen LogP contribution in [0.1, 0.15) is 24.9 Å². The number of carbonyl (C=O) groups is 1. The number of fused-ring (bicyclic) bond motifs is 1. The molecule has 2 atom stereocenters. The van der Waals surface area contributed by atoms with Crippen molar-refractivity contribution in [2.45, 2.75) is 25.4 Å². The number of benzene rings is 2. The summed E-state index contributed by atoms with van der Waals surface area (Å²) in [6.45, 7) is 2.85. The van der Waals surface area contributed by atoms with E-state index in [1.807, 2.05) is 12.1 Å². The van der Waals surface area contributed by atoms with Gasteiger partial charge in [0.25, 0.3) is 0 Å². The zero-order valence-electron chi connectivity index (χ0n) is 12.3. The van der Waals surface area contributed by atoms with Crippen LogP contribution in [-0.4, -0.2) is 25.6 Å². The summed E-state index contributed by atoms with van der Waals surface area (Å²) in [5.41, 5.74) is 1.23. The molecule has 2 unspecified atom stereocenters. The van der Waals surface area contributed by atoms with E-state index in [0.717, 1.165) is 5.75 Å². The van der Waals surface area contributed by atoms with Crippen LogP contribution in [0.15, 0.2) is 36.4 Å². The second kappa shape index (κ2) is 5.74. The van der Waals surface area contributed by atoms with Crippen LogP contribution >= 0.6 is 0 Å². The molecule has 21 heavy (non-hydrogen) atoms. The lowest BCUT2D eigenvalue weighted by molar-refractivity contribution is -0.119. The molecule has 4 nitrogen and oxygen atoms in total. The van der Waals surface area contributed by atoms with Crippen molar-refractivity contribution in [3.8, 4) is 5.75 Å². The van der Waals surface area contributed by atoms with E-state index in [0.29, 0.717) is 13.0 Å². The summed E-state index contributed by atoms with van der Waals surface area (Å²) in [5.74, 6) is 1.00. The predicted molar refractivity (Wildman–Crippen MR) is 83.5 cm³/mol. The minimum atomic E-state index is 0.130. The van der Waals surface area contributed by atoms with Gasteiger partial charge in [-0.3, -0.25) is 4.79 Å². The summed E-state index contributed by atoms with van der Waals surface area (Å²) in [6, 6.07) is 13.0. The maximum absolute atomic E-state index is 11.2. The fourth-order valence-electron chi connectivity index (χ4n) is 2.81. The number of ether oxygens (including phenoxy) is 1. The Morgan fingerprint density at radius 2 is 2.00 bits per heavy atom. The van der Waals surface area contributed by atoms with Crippen molar-refractivity contribution in [3.63, 3.8) is 0 Å². The monoisotopic (exact) mass is 284 g/mol. The summed E-state index contributed by atoms with van der Waals surface area (Å²) < 4.78 is 5.25. The van der Waals surface area contributed by atoms with Crippen LogP contribution in [0.25, 0.3) is 10.8 Å². The molecule has 110 valence electrons. The lowest BCUT2D eigenvalue weighted by Gasteiger charge is -2.19. The quantitative estimate of drug-likeness (QED) is 0.906. The molecule has 1 fully saturated rings.